The summed E-state index contributed by atoms with van der Waals surface area (Å²) in [5.74, 6) is -0.605. The summed E-state index contributed by atoms with van der Waals surface area (Å²) < 4.78 is 16.9. The predicted molar refractivity (Wildman–Crippen MR) is 88.4 cm³/mol. The maximum Gasteiger partial charge on any atom is 0.337 e. The van der Waals surface area contributed by atoms with Gasteiger partial charge in [0.15, 0.2) is 34.6 Å². The Morgan fingerprint density at radius 1 is 1.00 bits per heavy atom. The third-order valence-electron chi connectivity index (χ3n) is 2.52. The number of Topliss-reactive ketones (excluding diaryl/α,β-unsaturated/α-hetero) is 1. The van der Waals surface area contributed by atoms with Gasteiger partial charge in [0.25, 0.3) is 0 Å². The number of esters is 1. The molecule has 0 heterocycles. The highest BCUT2D eigenvalue weighted by Crippen LogP contribution is 2.13. The van der Waals surface area contributed by atoms with Crippen molar-refractivity contribution in [1.82, 2.24) is 0 Å². The van der Waals surface area contributed by atoms with Gasteiger partial charge in [0.2, 0.25) is 0 Å². The fourth-order valence-electron chi connectivity index (χ4n) is 1.51. The van der Waals surface area contributed by atoms with Crippen molar-refractivity contribution in [2.75, 3.05) is 6.61 Å². The molecule has 0 aliphatic heterocycles. The van der Waals surface area contributed by atoms with E-state index in [4.69, 9.17) is 13.6 Å². The first-order valence-corrected chi connectivity index (χ1v) is 14.2. The van der Waals surface area contributed by atoms with Crippen LogP contribution in [0.5, 0.6) is 0 Å². The molecule has 0 aliphatic carbocycles. The zero-order chi connectivity index (χ0) is 16.8. The molecular weight excluding hydrogens is 304 g/mol. The molecule has 0 aliphatic rings. The number of hydrogen-bond acceptors (Lipinski definition) is 5. The molecule has 2 unspecified atom stereocenters. The van der Waals surface area contributed by atoms with E-state index in [0.29, 0.717) is 6.42 Å². The molecule has 0 rings (SSSR count). The van der Waals surface area contributed by atoms with Crippen LogP contribution in [0.25, 0.3) is 0 Å². The van der Waals surface area contributed by atoms with Crippen molar-refractivity contribution in [3.05, 3.63) is 0 Å². The summed E-state index contributed by atoms with van der Waals surface area (Å²) in [6.07, 6.45) is -1.14. The fraction of sp³-hybridized carbons (Fsp3) is 0.857. The van der Waals surface area contributed by atoms with Crippen molar-refractivity contribution >= 4 is 28.4 Å². The average Bonchev–Trinajstić information content (AvgIpc) is 2.30. The van der Waals surface area contributed by atoms with Crippen LogP contribution in [-0.4, -0.2) is 47.2 Å². The van der Waals surface area contributed by atoms with Crippen molar-refractivity contribution in [2.45, 2.75) is 71.8 Å². The average molecular weight is 335 g/mol. The number of hydrogen-bond donors (Lipinski definition) is 0. The summed E-state index contributed by atoms with van der Waals surface area (Å²) in [4.78, 5) is 23.8. The van der Waals surface area contributed by atoms with Crippen LogP contribution >= 0.6 is 0 Å². The van der Waals surface area contributed by atoms with Gasteiger partial charge >= 0.3 is 5.97 Å². The summed E-state index contributed by atoms with van der Waals surface area (Å²) in [6.45, 7) is 15.7. The van der Waals surface area contributed by atoms with Gasteiger partial charge in [-0.1, -0.05) is 6.92 Å². The number of carbonyl (C=O) groups is 2. The van der Waals surface area contributed by atoms with E-state index in [1.807, 2.05) is 39.3 Å². The first-order valence-electron chi connectivity index (χ1n) is 7.40. The molecule has 124 valence electrons. The largest absolute Gasteiger partial charge is 0.453 e. The molecule has 0 bridgehead atoms. The Hall–Kier alpha value is -0.506. The van der Waals surface area contributed by atoms with Gasteiger partial charge in [0.1, 0.15) is 0 Å². The second kappa shape index (κ2) is 8.21. The molecule has 0 aromatic heterocycles. The van der Waals surface area contributed by atoms with E-state index >= 15 is 0 Å². The number of ether oxygens (including phenoxy) is 1. The lowest BCUT2D eigenvalue weighted by Gasteiger charge is -2.28. The van der Waals surface area contributed by atoms with E-state index in [1.165, 1.54) is 0 Å². The minimum Gasteiger partial charge on any atom is -0.453 e. The van der Waals surface area contributed by atoms with Crippen LogP contribution in [-0.2, 0) is 23.2 Å². The minimum absolute atomic E-state index is 0.0961. The van der Waals surface area contributed by atoms with Crippen LogP contribution in [0.3, 0.4) is 0 Å². The summed E-state index contributed by atoms with van der Waals surface area (Å²) in [7, 11) is -3.67. The molecule has 0 radical (unpaired) electrons. The molecule has 0 N–H and O–H groups in total. The highest BCUT2D eigenvalue weighted by Gasteiger charge is 2.31. The quantitative estimate of drug-likeness (QED) is 0.479. The van der Waals surface area contributed by atoms with E-state index in [2.05, 4.69) is 0 Å². The molecule has 0 saturated carbocycles. The van der Waals surface area contributed by atoms with Crippen molar-refractivity contribution in [3.63, 3.8) is 0 Å². The second-order valence-electron chi connectivity index (χ2n) is 7.04. The topological polar surface area (TPSA) is 61.8 Å². The molecule has 21 heavy (non-hydrogen) atoms. The lowest BCUT2D eigenvalue weighted by molar-refractivity contribution is -0.162. The predicted octanol–water partition coefficient (Wildman–Crippen LogP) is 2.97. The van der Waals surface area contributed by atoms with Gasteiger partial charge in [-0.3, -0.25) is 4.79 Å². The van der Waals surface area contributed by atoms with Crippen molar-refractivity contribution in [2.24, 2.45) is 0 Å². The lowest BCUT2D eigenvalue weighted by atomic mass is 10.2. The number of rotatable bonds is 9. The van der Waals surface area contributed by atoms with Crippen LogP contribution in [0, 0.1) is 0 Å². The SMILES string of the molecule is CCC(=O)C(C)OC(=O)C(CO[Si](C)(C)C)O[Si](C)(C)C. The van der Waals surface area contributed by atoms with E-state index in [9.17, 15) is 9.59 Å². The molecule has 0 amide bonds. The summed E-state index contributed by atoms with van der Waals surface area (Å²) >= 11 is 0. The first kappa shape index (κ1) is 20.5. The van der Waals surface area contributed by atoms with Crippen molar-refractivity contribution < 1.29 is 23.2 Å². The van der Waals surface area contributed by atoms with Gasteiger partial charge in [0.05, 0.1) is 6.61 Å². The molecule has 7 heteroatoms. The molecule has 0 aromatic carbocycles. The fourth-order valence-corrected chi connectivity index (χ4v) is 3.18. The lowest BCUT2D eigenvalue weighted by Crippen LogP contribution is -2.44. The number of carbonyl (C=O) groups excluding carboxylic acids is 2. The summed E-state index contributed by atoms with van der Waals surface area (Å²) in [5, 5.41) is 0. The molecular formula is C14H30O5Si2. The molecule has 0 saturated heterocycles. The molecule has 0 fully saturated rings. The van der Waals surface area contributed by atoms with Crippen molar-refractivity contribution in [3.8, 4) is 0 Å². The second-order valence-corrected chi connectivity index (χ2v) is 16.0. The summed E-state index contributed by atoms with van der Waals surface area (Å²) in [6, 6.07) is 0. The normalized spacial score (nSPS) is 15.4. The van der Waals surface area contributed by atoms with Crippen LogP contribution in [0.1, 0.15) is 20.3 Å². The third kappa shape index (κ3) is 9.94. The van der Waals surface area contributed by atoms with Gasteiger partial charge in [0, 0.05) is 6.42 Å². The molecule has 2 atom stereocenters. The molecule has 0 spiro atoms. The Labute approximate surface area is 130 Å². The zero-order valence-electron chi connectivity index (χ0n) is 14.6. The Kier molecular flexibility index (Phi) is 8.01. The maximum absolute atomic E-state index is 12.2. The van der Waals surface area contributed by atoms with Gasteiger partial charge in [-0.25, -0.2) is 4.79 Å². The Balaban J connectivity index is 4.78. The van der Waals surface area contributed by atoms with Crippen LogP contribution in [0.15, 0.2) is 0 Å². The zero-order valence-corrected chi connectivity index (χ0v) is 16.6. The van der Waals surface area contributed by atoms with E-state index in [0.717, 1.165) is 0 Å². The van der Waals surface area contributed by atoms with E-state index in [-0.39, 0.29) is 12.4 Å². The maximum atomic E-state index is 12.2. The molecule has 5 nitrogen and oxygen atoms in total. The Morgan fingerprint density at radius 3 is 1.90 bits per heavy atom. The van der Waals surface area contributed by atoms with Gasteiger partial charge < -0.3 is 13.6 Å². The highest BCUT2D eigenvalue weighted by atomic mass is 28.4. The summed E-state index contributed by atoms with van der Waals surface area (Å²) in [5.41, 5.74) is 0. The highest BCUT2D eigenvalue weighted by molar-refractivity contribution is 6.70. The first-order chi connectivity index (χ1) is 9.35. The van der Waals surface area contributed by atoms with Crippen molar-refractivity contribution in [1.29, 1.82) is 0 Å². The Bertz CT molecular complexity index is 357. The smallest absolute Gasteiger partial charge is 0.337 e. The van der Waals surface area contributed by atoms with Gasteiger partial charge in [-0.15, -0.1) is 0 Å². The van der Waals surface area contributed by atoms with Crippen LogP contribution in [0.4, 0.5) is 0 Å². The third-order valence-corrected chi connectivity index (χ3v) is 4.55. The monoisotopic (exact) mass is 334 g/mol. The van der Waals surface area contributed by atoms with Crippen LogP contribution < -0.4 is 0 Å². The standard InChI is InChI=1S/C14H30O5Si2/c1-9-12(15)11(2)18-14(16)13(19-21(6,7)8)10-17-20(3,4)5/h11,13H,9-10H2,1-8H3. The minimum atomic E-state index is -1.92. The van der Waals surface area contributed by atoms with Gasteiger partial charge in [-0.2, -0.15) is 0 Å². The molecule has 0 aromatic rings. The van der Waals surface area contributed by atoms with Gasteiger partial charge in [-0.05, 0) is 46.2 Å². The Morgan fingerprint density at radius 2 is 1.52 bits per heavy atom. The van der Waals surface area contributed by atoms with Crippen LogP contribution in [0.2, 0.25) is 39.3 Å². The number of ketones is 1. The van der Waals surface area contributed by atoms with E-state index in [1.54, 1.807) is 13.8 Å². The van der Waals surface area contributed by atoms with E-state index < -0.39 is 34.8 Å².